The number of nitrogens with two attached hydrogens (primary N) is 1. The number of nitrogens with zero attached hydrogens (tertiary/aromatic N) is 5. The number of likely N-dealkylation sites (tertiary alicyclic amines) is 1. The predicted octanol–water partition coefficient (Wildman–Crippen LogP) is -0.337. The number of aromatic nitrogens is 4. The first-order valence-electron chi connectivity index (χ1n) is 8.97. The van der Waals surface area contributed by atoms with Crippen molar-refractivity contribution in [1.82, 2.24) is 30.4 Å². The Bertz CT molecular complexity index is 895. The first-order valence-corrected chi connectivity index (χ1v) is 9.35. The second-order valence-corrected chi connectivity index (χ2v) is 7.53. The molecule has 156 valence electrons. The highest BCUT2D eigenvalue weighted by Crippen LogP contribution is 2.48. The number of fused-ring (bicyclic) bond motifs is 1. The van der Waals surface area contributed by atoms with Gasteiger partial charge in [0, 0.05) is 17.6 Å². The van der Waals surface area contributed by atoms with Gasteiger partial charge in [0.25, 0.3) is 0 Å². The number of aliphatic hydroxyl groups is 1. The van der Waals surface area contributed by atoms with E-state index in [-0.39, 0.29) is 36.8 Å². The van der Waals surface area contributed by atoms with Gasteiger partial charge in [-0.2, -0.15) is 0 Å². The van der Waals surface area contributed by atoms with Crippen molar-refractivity contribution in [1.29, 1.82) is 0 Å². The molecule has 1 saturated heterocycles. The van der Waals surface area contributed by atoms with E-state index in [9.17, 15) is 14.7 Å². The highest BCUT2D eigenvalue weighted by Gasteiger charge is 2.56. The van der Waals surface area contributed by atoms with Gasteiger partial charge in [0.1, 0.15) is 18.4 Å². The molecule has 2 heterocycles. The molecule has 0 bridgehead atoms. The minimum Gasteiger partial charge on any atom is -0.394 e. The van der Waals surface area contributed by atoms with Crippen LogP contribution < -0.4 is 11.1 Å². The van der Waals surface area contributed by atoms with Gasteiger partial charge in [0.15, 0.2) is 0 Å². The summed E-state index contributed by atoms with van der Waals surface area (Å²) in [6.45, 7) is -0.243. The molecule has 1 aromatic carbocycles. The van der Waals surface area contributed by atoms with Crippen molar-refractivity contribution in [2.45, 2.75) is 37.5 Å². The van der Waals surface area contributed by atoms with Gasteiger partial charge in [0.05, 0.1) is 12.3 Å². The summed E-state index contributed by atoms with van der Waals surface area (Å²) in [5, 5.41) is 23.7. The number of carbonyl (C=O) groups is 2. The van der Waals surface area contributed by atoms with Crippen LogP contribution in [0.2, 0.25) is 5.02 Å². The van der Waals surface area contributed by atoms with Crippen LogP contribution in [0.1, 0.15) is 18.4 Å². The monoisotopic (exact) mass is 441 g/mol. The molecule has 12 heteroatoms. The summed E-state index contributed by atoms with van der Waals surface area (Å²) >= 11 is 6.10. The predicted molar refractivity (Wildman–Crippen MR) is 105 cm³/mol. The number of piperidine rings is 1. The summed E-state index contributed by atoms with van der Waals surface area (Å²) < 4.78 is 1.48. The third-order valence-corrected chi connectivity index (χ3v) is 5.50. The summed E-state index contributed by atoms with van der Waals surface area (Å²) in [5.74, 6) is -0.313. The lowest BCUT2D eigenvalue weighted by atomic mass is 10.1. The Morgan fingerprint density at radius 3 is 2.86 bits per heavy atom. The van der Waals surface area contributed by atoms with Crippen molar-refractivity contribution in [3.63, 3.8) is 0 Å². The Balaban J connectivity index is 0.00000240. The van der Waals surface area contributed by atoms with Gasteiger partial charge >= 0.3 is 0 Å². The normalized spacial score (nSPS) is 23.1. The molecule has 2 amide bonds. The van der Waals surface area contributed by atoms with E-state index in [2.05, 4.69) is 20.8 Å². The summed E-state index contributed by atoms with van der Waals surface area (Å²) in [4.78, 5) is 26.8. The molecule has 10 nitrogen and oxygen atoms in total. The summed E-state index contributed by atoms with van der Waals surface area (Å²) in [6, 6.07) is 3.67. The lowest BCUT2D eigenvalue weighted by Gasteiger charge is -2.28. The molecular weight excluding hydrogens is 421 g/mol. The van der Waals surface area contributed by atoms with E-state index < -0.39 is 18.7 Å². The second-order valence-electron chi connectivity index (χ2n) is 7.09. The van der Waals surface area contributed by atoms with Gasteiger partial charge in [-0.1, -0.05) is 11.6 Å². The van der Waals surface area contributed by atoms with Crippen LogP contribution in [0.3, 0.4) is 0 Å². The topological polar surface area (TPSA) is 139 Å². The van der Waals surface area contributed by atoms with Crippen LogP contribution in [0.15, 0.2) is 24.5 Å². The van der Waals surface area contributed by atoms with Crippen LogP contribution in [0.4, 0.5) is 0 Å². The zero-order valence-corrected chi connectivity index (χ0v) is 16.9. The highest BCUT2D eigenvalue weighted by molar-refractivity contribution is 6.30. The molecule has 4 N–H and O–H groups in total. The zero-order valence-electron chi connectivity index (χ0n) is 15.3. The van der Waals surface area contributed by atoms with Crippen LogP contribution in [-0.4, -0.2) is 66.8 Å². The molecule has 2 aliphatic rings. The summed E-state index contributed by atoms with van der Waals surface area (Å²) in [5.41, 5.74) is 7.12. The maximum Gasteiger partial charge on any atom is 0.243 e. The Labute approximate surface area is 177 Å². The molecular formula is C17H21Cl2N7O3. The Kier molecular flexibility index (Phi) is 6.37. The average Bonchev–Trinajstić information content (AvgIpc) is 3.09. The minimum atomic E-state index is -1.01. The molecule has 1 aliphatic heterocycles. The number of hydrogen-bond acceptors (Lipinski definition) is 7. The van der Waals surface area contributed by atoms with Gasteiger partial charge in [0.2, 0.25) is 11.8 Å². The van der Waals surface area contributed by atoms with Crippen LogP contribution >= 0.6 is 24.0 Å². The van der Waals surface area contributed by atoms with E-state index in [1.165, 1.54) is 11.0 Å². The second kappa shape index (κ2) is 8.62. The van der Waals surface area contributed by atoms with E-state index in [1.807, 2.05) is 0 Å². The average molecular weight is 442 g/mol. The lowest BCUT2D eigenvalue weighted by molar-refractivity contribution is -0.141. The minimum absolute atomic E-state index is 0. The summed E-state index contributed by atoms with van der Waals surface area (Å²) in [6.07, 6.45) is 2.94. The number of tetrazole rings is 1. The maximum absolute atomic E-state index is 12.8. The fourth-order valence-corrected chi connectivity index (χ4v) is 3.96. The van der Waals surface area contributed by atoms with Crippen molar-refractivity contribution in [2.24, 2.45) is 11.7 Å². The largest absolute Gasteiger partial charge is 0.394 e. The number of carbonyl (C=O) groups excluding carboxylic acids is 2. The lowest BCUT2D eigenvalue weighted by Crippen LogP contribution is -2.53. The van der Waals surface area contributed by atoms with Gasteiger partial charge in [-0.05, 0) is 52.9 Å². The number of nitrogens with one attached hydrogen (secondary N) is 1. The Hall–Kier alpha value is -2.27. The van der Waals surface area contributed by atoms with Gasteiger partial charge in [-0.15, -0.1) is 17.5 Å². The van der Waals surface area contributed by atoms with Crippen LogP contribution in [-0.2, 0) is 16.1 Å². The SMILES string of the molecule is Cl.N[C@H](CO)C(=O)N1[C@@H]2C[C@@H]2C[C@H]1C(=O)NCc1cc(Cl)ccc1-n1cnnn1. The molecule has 4 atom stereocenters. The van der Waals surface area contributed by atoms with Crippen molar-refractivity contribution < 1.29 is 14.7 Å². The molecule has 2 aromatic rings. The number of amides is 2. The van der Waals surface area contributed by atoms with E-state index >= 15 is 0 Å². The molecule has 0 radical (unpaired) electrons. The quantitative estimate of drug-likeness (QED) is 0.556. The van der Waals surface area contributed by atoms with Crippen LogP contribution in [0.25, 0.3) is 5.69 Å². The number of benzene rings is 1. The Morgan fingerprint density at radius 2 is 2.17 bits per heavy atom. The smallest absolute Gasteiger partial charge is 0.243 e. The molecule has 4 rings (SSSR count). The molecule has 1 aromatic heterocycles. The van der Waals surface area contributed by atoms with Gasteiger partial charge < -0.3 is 21.1 Å². The van der Waals surface area contributed by atoms with E-state index in [4.69, 9.17) is 17.3 Å². The number of hydrogen-bond donors (Lipinski definition) is 3. The number of rotatable bonds is 6. The van der Waals surface area contributed by atoms with Gasteiger partial charge in [-0.25, -0.2) is 4.68 Å². The third kappa shape index (κ3) is 4.20. The third-order valence-electron chi connectivity index (χ3n) is 5.27. The molecule has 1 saturated carbocycles. The molecule has 2 fully saturated rings. The van der Waals surface area contributed by atoms with Crippen LogP contribution in [0, 0.1) is 5.92 Å². The first-order chi connectivity index (χ1) is 13.5. The van der Waals surface area contributed by atoms with Gasteiger partial charge in [-0.3, -0.25) is 9.59 Å². The van der Waals surface area contributed by atoms with E-state index in [0.29, 0.717) is 23.0 Å². The molecule has 0 unspecified atom stereocenters. The van der Waals surface area contributed by atoms with Crippen molar-refractivity contribution in [2.75, 3.05) is 6.61 Å². The fourth-order valence-electron chi connectivity index (χ4n) is 3.77. The standard InChI is InChI=1S/C17H20ClN7O3.ClH/c18-11-1-2-13(24-8-21-22-23-24)10(3-11)6-20-16(27)15-5-9-4-14(9)25(15)17(28)12(19)7-26;/h1-3,8-9,12,14-15,26H,4-7,19H2,(H,20,27);1H/t9-,12-,14-,15+;/m1./s1. The van der Waals surface area contributed by atoms with Crippen LogP contribution in [0.5, 0.6) is 0 Å². The van der Waals surface area contributed by atoms with Crippen molar-refractivity contribution >= 4 is 35.8 Å². The first kappa shape index (κ1) is 21.4. The molecule has 1 aliphatic carbocycles. The number of aliphatic hydroxyl groups excluding tert-OH is 1. The fraction of sp³-hybridized carbons (Fsp3) is 0.471. The molecule has 29 heavy (non-hydrogen) atoms. The van der Waals surface area contributed by atoms with E-state index in [0.717, 1.165) is 12.0 Å². The summed E-state index contributed by atoms with van der Waals surface area (Å²) in [7, 11) is 0. The maximum atomic E-state index is 12.8. The number of halogens is 2. The highest BCUT2D eigenvalue weighted by atomic mass is 35.5. The zero-order chi connectivity index (χ0) is 19.8. The molecule has 0 spiro atoms. The Morgan fingerprint density at radius 1 is 1.38 bits per heavy atom. The van der Waals surface area contributed by atoms with E-state index in [1.54, 1.807) is 23.1 Å². The van der Waals surface area contributed by atoms with Crippen molar-refractivity contribution in [3.05, 3.63) is 35.1 Å². The van der Waals surface area contributed by atoms with Crippen molar-refractivity contribution in [3.8, 4) is 5.69 Å².